The molecule has 0 atom stereocenters. The summed E-state index contributed by atoms with van der Waals surface area (Å²) in [6.45, 7) is 6.01. The van der Waals surface area contributed by atoms with Gasteiger partial charge in [-0.25, -0.2) is 0 Å². The highest BCUT2D eigenvalue weighted by Crippen LogP contribution is 2.20. The molecule has 1 saturated heterocycles. The zero-order valence-electron chi connectivity index (χ0n) is 13.9. The molecule has 7 heteroatoms. The van der Waals surface area contributed by atoms with Crippen molar-refractivity contribution in [3.63, 3.8) is 0 Å². The summed E-state index contributed by atoms with van der Waals surface area (Å²) in [5.41, 5.74) is 2.39. The minimum Gasteiger partial charge on any atom is -0.369 e. The Morgan fingerprint density at radius 1 is 1.25 bits per heavy atom. The SMILES string of the molecule is Cc1cnccc1N1CCCN(C(=O)CCn2cc(Cl)cn2)CC1. The normalized spacial score (nSPS) is 15.4. The number of rotatable bonds is 4. The van der Waals surface area contributed by atoms with Gasteiger partial charge in [-0.05, 0) is 25.0 Å². The van der Waals surface area contributed by atoms with Crippen LogP contribution in [0.2, 0.25) is 5.02 Å². The Morgan fingerprint density at radius 3 is 2.88 bits per heavy atom. The molecule has 1 fully saturated rings. The van der Waals surface area contributed by atoms with Gasteiger partial charge in [-0.1, -0.05) is 11.6 Å². The van der Waals surface area contributed by atoms with Crippen LogP contribution in [0.15, 0.2) is 30.9 Å². The number of aromatic nitrogens is 3. The number of amides is 1. The van der Waals surface area contributed by atoms with Crippen LogP contribution in [-0.4, -0.2) is 51.8 Å². The molecule has 2 aromatic heterocycles. The summed E-state index contributed by atoms with van der Waals surface area (Å²) in [5, 5.41) is 4.71. The molecule has 0 aliphatic carbocycles. The standard InChI is InChI=1S/C17H22ClN5O/c1-14-11-19-5-3-16(14)21-6-2-7-22(10-9-21)17(24)4-8-23-13-15(18)12-20-23/h3,5,11-13H,2,4,6-10H2,1H3. The van der Waals surface area contributed by atoms with Crippen molar-refractivity contribution in [1.82, 2.24) is 19.7 Å². The van der Waals surface area contributed by atoms with Crippen LogP contribution in [0.1, 0.15) is 18.4 Å². The van der Waals surface area contributed by atoms with E-state index >= 15 is 0 Å². The first-order chi connectivity index (χ1) is 11.6. The van der Waals surface area contributed by atoms with Gasteiger partial charge in [0, 0.05) is 63.4 Å². The lowest BCUT2D eigenvalue weighted by atomic mass is 10.2. The van der Waals surface area contributed by atoms with Crippen LogP contribution in [0.5, 0.6) is 0 Å². The van der Waals surface area contributed by atoms with Crippen molar-refractivity contribution in [2.75, 3.05) is 31.1 Å². The number of hydrogen-bond donors (Lipinski definition) is 0. The van der Waals surface area contributed by atoms with Gasteiger partial charge in [-0.2, -0.15) is 5.10 Å². The molecular formula is C17H22ClN5O. The van der Waals surface area contributed by atoms with Crippen molar-refractivity contribution in [3.8, 4) is 0 Å². The zero-order chi connectivity index (χ0) is 16.9. The molecular weight excluding hydrogens is 326 g/mol. The van der Waals surface area contributed by atoms with Gasteiger partial charge in [0.2, 0.25) is 5.91 Å². The third-order valence-corrected chi connectivity index (χ3v) is 4.53. The molecule has 6 nitrogen and oxygen atoms in total. The van der Waals surface area contributed by atoms with Crippen LogP contribution in [-0.2, 0) is 11.3 Å². The second-order valence-electron chi connectivity index (χ2n) is 6.06. The van der Waals surface area contributed by atoms with E-state index in [9.17, 15) is 4.79 Å². The van der Waals surface area contributed by atoms with E-state index in [-0.39, 0.29) is 5.91 Å². The van der Waals surface area contributed by atoms with Crippen LogP contribution in [0.25, 0.3) is 0 Å². The Labute approximate surface area is 147 Å². The van der Waals surface area contributed by atoms with E-state index in [1.54, 1.807) is 17.1 Å². The molecule has 128 valence electrons. The molecule has 3 heterocycles. The number of halogens is 1. The molecule has 1 amide bonds. The molecule has 2 aromatic rings. The Morgan fingerprint density at radius 2 is 2.12 bits per heavy atom. The predicted octanol–water partition coefficient (Wildman–Crippen LogP) is 2.37. The smallest absolute Gasteiger partial charge is 0.224 e. The molecule has 3 rings (SSSR count). The van der Waals surface area contributed by atoms with E-state index in [0.29, 0.717) is 18.0 Å². The number of carbonyl (C=O) groups is 1. The lowest BCUT2D eigenvalue weighted by molar-refractivity contribution is -0.131. The quantitative estimate of drug-likeness (QED) is 0.852. The van der Waals surface area contributed by atoms with Gasteiger partial charge >= 0.3 is 0 Å². The topological polar surface area (TPSA) is 54.3 Å². The third-order valence-electron chi connectivity index (χ3n) is 4.34. The van der Waals surface area contributed by atoms with Gasteiger partial charge in [-0.3, -0.25) is 14.5 Å². The summed E-state index contributed by atoms with van der Waals surface area (Å²) >= 11 is 5.84. The monoisotopic (exact) mass is 347 g/mol. The van der Waals surface area contributed by atoms with Crippen molar-refractivity contribution in [2.24, 2.45) is 0 Å². The van der Waals surface area contributed by atoms with Crippen molar-refractivity contribution >= 4 is 23.2 Å². The summed E-state index contributed by atoms with van der Waals surface area (Å²) in [7, 11) is 0. The minimum atomic E-state index is 0.176. The highest BCUT2D eigenvalue weighted by Gasteiger charge is 2.20. The van der Waals surface area contributed by atoms with Crippen LogP contribution < -0.4 is 4.90 Å². The molecule has 0 spiro atoms. The molecule has 1 aliphatic heterocycles. The number of aryl methyl sites for hydroxylation is 2. The lowest BCUT2D eigenvalue weighted by Gasteiger charge is -2.25. The van der Waals surface area contributed by atoms with Crippen molar-refractivity contribution in [1.29, 1.82) is 0 Å². The first kappa shape index (κ1) is 16.8. The van der Waals surface area contributed by atoms with Crippen LogP contribution >= 0.6 is 11.6 Å². The maximum atomic E-state index is 12.5. The fourth-order valence-corrected chi connectivity index (χ4v) is 3.21. The van der Waals surface area contributed by atoms with E-state index in [1.165, 1.54) is 11.3 Å². The van der Waals surface area contributed by atoms with Crippen molar-refractivity contribution < 1.29 is 4.79 Å². The summed E-state index contributed by atoms with van der Waals surface area (Å²) in [4.78, 5) is 20.9. The van der Waals surface area contributed by atoms with Crippen LogP contribution in [0.4, 0.5) is 5.69 Å². The van der Waals surface area contributed by atoms with E-state index in [4.69, 9.17) is 11.6 Å². The second kappa shape index (κ2) is 7.66. The number of pyridine rings is 1. The van der Waals surface area contributed by atoms with Gasteiger partial charge in [0.25, 0.3) is 0 Å². The van der Waals surface area contributed by atoms with Crippen molar-refractivity contribution in [3.05, 3.63) is 41.4 Å². The van der Waals surface area contributed by atoms with Gasteiger partial charge < -0.3 is 9.80 Å². The largest absolute Gasteiger partial charge is 0.369 e. The number of carbonyl (C=O) groups excluding carboxylic acids is 1. The second-order valence-corrected chi connectivity index (χ2v) is 6.49. The zero-order valence-corrected chi connectivity index (χ0v) is 14.6. The molecule has 0 radical (unpaired) electrons. The van der Waals surface area contributed by atoms with Crippen LogP contribution in [0, 0.1) is 6.92 Å². The molecule has 0 aromatic carbocycles. The highest BCUT2D eigenvalue weighted by atomic mass is 35.5. The molecule has 24 heavy (non-hydrogen) atoms. The number of nitrogens with zero attached hydrogens (tertiary/aromatic N) is 5. The maximum Gasteiger partial charge on any atom is 0.224 e. The van der Waals surface area contributed by atoms with E-state index in [2.05, 4.69) is 21.9 Å². The van der Waals surface area contributed by atoms with E-state index in [0.717, 1.165) is 32.6 Å². The molecule has 1 aliphatic rings. The van der Waals surface area contributed by atoms with Gasteiger partial charge in [0.05, 0.1) is 11.2 Å². The van der Waals surface area contributed by atoms with Gasteiger partial charge in [0.15, 0.2) is 0 Å². The predicted molar refractivity (Wildman–Crippen MR) is 94.2 cm³/mol. The fraction of sp³-hybridized carbons (Fsp3) is 0.471. The maximum absolute atomic E-state index is 12.5. The minimum absolute atomic E-state index is 0.176. The van der Waals surface area contributed by atoms with Gasteiger partial charge in [-0.15, -0.1) is 0 Å². The third kappa shape index (κ3) is 4.06. The van der Waals surface area contributed by atoms with Crippen molar-refractivity contribution in [2.45, 2.75) is 26.3 Å². The summed E-state index contributed by atoms with van der Waals surface area (Å²) in [6.07, 6.45) is 8.47. The molecule has 0 unspecified atom stereocenters. The summed E-state index contributed by atoms with van der Waals surface area (Å²) < 4.78 is 1.71. The Hall–Kier alpha value is -2.08. The number of hydrogen-bond acceptors (Lipinski definition) is 4. The molecule has 0 bridgehead atoms. The average molecular weight is 348 g/mol. The Balaban J connectivity index is 1.55. The van der Waals surface area contributed by atoms with Crippen LogP contribution in [0.3, 0.4) is 0 Å². The first-order valence-corrected chi connectivity index (χ1v) is 8.62. The Bertz CT molecular complexity index is 702. The van der Waals surface area contributed by atoms with E-state index in [1.807, 2.05) is 23.4 Å². The first-order valence-electron chi connectivity index (χ1n) is 8.25. The summed E-state index contributed by atoms with van der Waals surface area (Å²) in [6, 6.07) is 2.05. The molecule has 0 N–H and O–H groups in total. The number of anilines is 1. The van der Waals surface area contributed by atoms with Gasteiger partial charge in [0.1, 0.15) is 0 Å². The van der Waals surface area contributed by atoms with E-state index < -0.39 is 0 Å². The molecule has 0 saturated carbocycles. The Kier molecular flexibility index (Phi) is 5.35. The fourth-order valence-electron chi connectivity index (χ4n) is 3.06. The summed E-state index contributed by atoms with van der Waals surface area (Å²) in [5.74, 6) is 0.176. The highest BCUT2D eigenvalue weighted by molar-refractivity contribution is 6.30. The average Bonchev–Trinajstić information content (AvgIpc) is 2.84. The lowest BCUT2D eigenvalue weighted by Crippen LogP contribution is -2.35.